The van der Waals surface area contributed by atoms with Gasteiger partial charge < -0.3 is 15.4 Å². The molecular weight excluding hydrogens is 236 g/mol. The van der Waals surface area contributed by atoms with Crippen molar-refractivity contribution in [3.05, 3.63) is 35.9 Å². The van der Waals surface area contributed by atoms with Gasteiger partial charge in [0.15, 0.2) is 0 Å². The minimum Gasteiger partial charge on any atom is -0.378 e. The molecule has 1 unspecified atom stereocenters. The fourth-order valence-corrected chi connectivity index (χ4v) is 2.81. The van der Waals surface area contributed by atoms with Gasteiger partial charge in [-0.2, -0.15) is 0 Å². The van der Waals surface area contributed by atoms with Gasteiger partial charge in [0.1, 0.15) is 0 Å². The molecule has 1 fully saturated rings. The first kappa shape index (κ1) is 14.5. The Kier molecular flexibility index (Phi) is 5.83. The molecule has 0 spiro atoms. The summed E-state index contributed by atoms with van der Waals surface area (Å²) in [7, 11) is 0. The lowest BCUT2D eigenvalue weighted by atomic mass is 10.0. The van der Waals surface area contributed by atoms with E-state index in [1.165, 1.54) is 5.56 Å². The molecule has 0 amide bonds. The van der Waals surface area contributed by atoms with Crippen molar-refractivity contribution < 1.29 is 4.74 Å². The van der Waals surface area contributed by atoms with Gasteiger partial charge >= 0.3 is 0 Å². The minimum atomic E-state index is 0.228. The minimum absolute atomic E-state index is 0.228. The van der Waals surface area contributed by atoms with E-state index in [-0.39, 0.29) is 6.04 Å². The van der Waals surface area contributed by atoms with E-state index >= 15 is 0 Å². The van der Waals surface area contributed by atoms with Crippen LogP contribution in [-0.4, -0.2) is 43.3 Å². The molecule has 1 aromatic rings. The zero-order valence-electron chi connectivity index (χ0n) is 11.9. The zero-order chi connectivity index (χ0) is 13.5. The molecule has 0 aliphatic carbocycles. The predicted molar refractivity (Wildman–Crippen MR) is 79.2 cm³/mol. The van der Waals surface area contributed by atoms with Crippen molar-refractivity contribution in [3.63, 3.8) is 0 Å². The molecule has 19 heavy (non-hydrogen) atoms. The molecular formula is C16H26N2O. The normalized spacial score (nSPS) is 19.5. The molecule has 1 saturated heterocycles. The second-order valence-corrected chi connectivity index (χ2v) is 5.41. The third-order valence-electron chi connectivity index (χ3n) is 3.77. The molecule has 0 aromatic heterocycles. The third kappa shape index (κ3) is 4.94. The van der Waals surface area contributed by atoms with E-state index in [1.54, 1.807) is 0 Å². The molecule has 3 heteroatoms. The van der Waals surface area contributed by atoms with Crippen LogP contribution in [0.5, 0.6) is 0 Å². The van der Waals surface area contributed by atoms with E-state index in [9.17, 15) is 0 Å². The SMILES string of the molecule is CCOC1CCN(CC(N)Cc2ccccc2)CC1. The maximum absolute atomic E-state index is 6.26. The molecule has 1 heterocycles. The summed E-state index contributed by atoms with van der Waals surface area (Å²) >= 11 is 0. The van der Waals surface area contributed by atoms with Crippen molar-refractivity contribution in [2.24, 2.45) is 5.73 Å². The van der Waals surface area contributed by atoms with Crippen LogP contribution in [0, 0.1) is 0 Å². The third-order valence-corrected chi connectivity index (χ3v) is 3.77. The Hall–Kier alpha value is -0.900. The largest absolute Gasteiger partial charge is 0.378 e. The van der Waals surface area contributed by atoms with Crippen molar-refractivity contribution in [2.45, 2.75) is 38.3 Å². The van der Waals surface area contributed by atoms with Crippen molar-refractivity contribution >= 4 is 0 Å². The van der Waals surface area contributed by atoms with E-state index in [1.807, 2.05) is 6.07 Å². The smallest absolute Gasteiger partial charge is 0.0599 e. The van der Waals surface area contributed by atoms with Gasteiger partial charge in [-0.05, 0) is 31.7 Å². The highest BCUT2D eigenvalue weighted by molar-refractivity contribution is 5.15. The van der Waals surface area contributed by atoms with E-state index in [0.717, 1.165) is 45.5 Å². The lowest BCUT2D eigenvalue weighted by Crippen LogP contribution is -2.44. The topological polar surface area (TPSA) is 38.5 Å². The number of piperidine rings is 1. The molecule has 0 saturated carbocycles. The second kappa shape index (κ2) is 7.63. The van der Waals surface area contributed by atoms with Gasteiger partial charge in [0.05, 0.1) is 6.10 Å². The molecule has 0 bridgehead atoms. The molecule has 1 aliphatic rings. The van der Waals surface area contributed by atoms with Gasteiger partial charge in [-0.15, -0.1) is 0 Å². The lowest BCUT2D eigenvalue weighted by Gasteiger charge is -2.33. The first-order valence-corrected chi connectivity index (χ1v) is 7.41. The summed E-state index contributed by atoms with van der Waals surface area (Å²) in [5.74, 6) is 0. The standard InChI is InChI=1S/C16H26N2O/c1-2-19-16-8-10-18(11-9-16)13-15(17)12-14-6-4-3-5-7-14/h3-7,15-16H,2,8-13,17H2,1H3. The summed E-state index contributed by atoms with van der Waals surface area (Å²) in [5.41, 5.74) is 7.59. The Morgan fingerprint density at radius 3 is 2.58 bits per heavy atom. The quantitative estimate of drug-likeness (QED) is 0.853. The van der Waals surface area contributed by atoms with Crippen molar-refractivity contribution in [3.8, 4) is 0 Å². The number of nitrogens with two attached hydrogens (primary N) is 1. The van der Waals surface area contributed by atoms with Crippen LogP contribution < -0.4 is 5.73 Å². The summed E-state index contributed by atoms with van der Waals surface area (Å²) in [6, 6.07) is 10.7. The van der Waals surface area contributed by atoms with E-state index in [0.29, 0.717) is 6.10 Å². The average Bonchev–Trinajstić information content (AvgIpc) is 2.42. The van der Waals surface area contributed by atoms with Crippen molar-refractivity contribution in [2.75, 3.05) is 26.2 Å². The van der Waals surface area contributed by atoms with E-state index in [2.05, 4.69) is 36.1 Å². The second-order valence-electron chi connectivity index (χ2n) is 5.41. The molecule has 3 nitrogen and oxygen atoms in total. The highest BCUT2D eigenvalue weighted by Gasteiger charge is 2.20. The number of nitrogens with zero attached hydrogens (tertiary/aromatic N) is 1. The summed E-state index contributed by atoms with van der Waals surface area (Å²) in [5, 5.41) is 0. The molecule has 106 valence electrons. The molecule has 1 aromatic carbocycles. The first-order chi connectivity index (χ1) is 9.28. The number of rotatable bonds is 6. The highest BCUT2D eigenvalue weighted by atomic mass is 16.5. The number of hydrogen-bond acceptors (Lipinski definition) is 3. The van der Waals surface area contributed by atoms with Gasteiger partial charge in [0.2, 0.25) is 0 Å². The lowest BCUT2D eigenvalue weighted by molar-refractivity contribution is 0.0132. The van der Waals surface area contributed by atoms with Crippen molar-refractivity contribution in [1.82, 2.24) is 4.90 Å². The molecule has 1 atom stereocenters. The monoisotopic (exact) mass is 262 g/mol. The summed E-state index contributed by atoms with van der Waals surface area (Å²) in [4.78, 5) is 2.48. The van der Waals surface area contributed by atoms with Crippen LogP contribution in [0.4, 0.5) is 0 Å². The Morgan fingerprint density at radius 2 is 1.95 bits per heavy atom. The van der Waals surface area contributed by atoms with Gasteiger partial charge in [-0.1, -0.05) is 30.3 Å². The Morgan fingerprint density at radius 1 is 1.26 bits per heavy atom. The Bertz CT molecular complexity index is 347. The predicted octanol–water partition coefficient (Wildman–Crippen LogP) is 2.06. The zero-order valence-corrected chi connectivity index (χ0v) is 11.9. The van der Waals surface area contributed by atoms with Gasteiger partial charge in [-0.25, -0.2) is 0 Å². The van der Waals surface area contributed by atoms with Crippen LogP contribution in [0.3, 0.4) is 0 Å². The van der Waals surface area contributed by atoms with E-state index in [4.69, 9.17) is 10.5 Å². The fourth-order valence-electron chi connectivity index (χ4n) is 2.81. The summed E-state index contributed by atoms with van der Waals surface area (Å²) < 4.78 is 5.67. The van der Waals surface area contributed by atoms with Crippen LogP contribution in [-0.2, 0) is 11.2 Å². The van der Waals surface area contributed by atoms with Crippen molar-refractivity contribution in [1.29, 1.82) is 0 Å². The highest BCUT2D eigenvalue weighted by Crippen LogP contribution is 2.14. The van der Waals surface area contributed by atoms with Crippen LogP contribution >= 0.6 is 0 Å². The Balaban J connectivity index is 1.70. The maximum Gasteiger partial charge on any atom is 0.0599 e. The summed E-state index contributed by atoms with van der Waals surface area (Å²) in [6.07, 6.45) is 3.72. The van der Waals surface area contributed by atoms with E-state index < -0.39 is 0 Å². The van der Waals surface area contributed by atoms with Gasteiger partial charge in [0, 0.05) is 32.3 Å². The van der Waals surface area contributed by atoms with Crippen LogP contribution in [0.2, 0.25) is 0 Å². The van der Waals surface area contributed by atoms with Crippen LogP contribution in [0.25, 0.3) is 0 Å². The van der Waals surface area contributed by atoms with Gasteiger partial charge in [0.25, 0.3) is 0 Å². The number of likely N-dealkylation sites (tertiary alicyclic amines) is 1. The van der Waals surface area contributed by atoms with Gasteiger partial charge in [-0.3, -0.25) is 0 Å². The summed E-state index contributed by atoms with van der Waals surface area (Å²) in [6.45, 7) is 6.13. The average molecular weight is 262 g/mol. The number of benzene rings is 1. The molecule has 2 rings (SSSR count). The first-order valence-electron chi connectivity index (χ1n) is 7.41. The number of ether oxygens (including phenoxy) is 1. The van der Waals surface area contributed by atoms with Crippen LogP contribution in [0.15, 0.2) is 30.3 Å². The fraction of sp³-hybridized carbons (Fsp3) is 0.625. The number of hydrogen-bond donors (Lipinski definition) is 1. The van der Waals surface area contributed by atoms with Crippen LogP contribution in [0.1, 0.15) is 25.3 Å². The maximum atomic E-state index is 6.26. The molecule has 0 radical (unpaired) electrons. The molecule has 1 aliphatic heterocycles. The molecule has 2 N–H and O–H groups in total. The Labute approximate surface area is 116 Å².